The van der Waals surface area contributed by atoms with Crippen molar-refractivity contribution in [3.8, 4) is 0 Å². The van der Waals surface area contributed by atoms with Crippen LogP contribution in [0.3, 0.4) is 0 Å². The third-order valence-corrected chi connectivity index (χ3v) is 1.68. The van der Waals surface area contributed by atoms with E-state index in [0.29, 0.717) is 0 Å². The summed E-state index contributed by atoms with van der Waals surface area (Å²) in [6.45, 7) is 5.60. The molecular weight excluding hydrogens is 127 g/mol. The number of unbranched alkanes of at least 4 members (excludes halogenated alkanes) is 3. The molecule has 0 saturated heterocycles. The maximum atomic E-state index is 11.8. The molecule has 0 fully saturated rings. The van der Waals surface area contributed by atoms with Gasteiger partial charge in [0.05, 0.1) is 6.67 Å². The molecule has 0 aromatic heterocycles. The van der Waals surface area contributed by atoms with Gasteiger partial charge in [0.15, 0.2) is 0 Å². The first kappa shape index (κ1) is 9.93. The summed E-state index contributed by atoms with van der Waals surface area (Å²) >= 11 is 0. The molecule has 0 bridgehead atoms. The quantitative estimate of drug-likeness (QED) is 0.503. The zero-order valence-corrected chi connectivity index (χ0v) is 6.91. The first-order chi connectivity index (χ1) is 4.81. The van der Waals surface area contributed by atoms with Crippen molar-refractivity contribution in [2.24, 2.45) is 5.92 Å². The van der Waals surface area contributed by atoms with Gasteiger partial charge in [-0.15, -0.1) is 0 Å². The van der Waals surface area contributed by atoms with Gasteiger partial charge in [0.25, 0.3) is 0 Å². The van der Waals surface area contributed by atoms with E-state index in [9.17, 15) is 4.39 Å². The topological polar surface area (TPSA) is 0 Å². The molecule has 0 saturated carbocycles. The molecule has 0 aliphatic heterocycles. The van der Waals surface area contributed by atoms with Crippen LogP contribution in [-0.4, -0.2) is 6.67 Å². The highest BCUT2D eigenvalue weighted by atomic mass is 19.1. The molecule has 0 N–H and O–H groups in total. The molecule has 1 atom stereocenters. The lowest BCUT2D eigenvalue weighted by Gasteiger charge is -2.04. The van der Waals surface area contributed by atoms with E-state index in [1.807, 2.05) is 0 Å². The number of halogens is 1. The molecule has 61 valence electrons. The molecule has 1 radical (unpaired) electrons. The number of hydrogen-bond donors (Lipinski definition) is 0. The Labute approximate surface area is 63.8 Å². The standard InChI is InChI=1S/C9H18F/c1-3-4-5-6-7-9(2)8-10/h9H,2-8H2,1H3. The van der Waals surface area contributed by atoms with E-state index in [1.165, 1.54) is 19.3 Å². The van der Waals surface area contributed by atoms with Crippen LogP contribution in [-0.2, 0) is 0 Å². The average molecular weight is 145 g/mol. The number of hydrogen-bond acceptors (Lipinski definition) is 0. The molecule has 0 heterocycles. The molecule has 0 aromatic carbocycles. The summed E-state index contributed by atoms with van der Waals surface area (Å²) in [5.41, 5.74) is 0. The largest absolute Gasteiger partial charge is 0.251 e. The van der Waals surface area contributed by atoms with Gasteiger partial charge >= 0.3 is 0 Å². The lowest BCUT2D eigenvalue weighted by atomic mass is 10.0. The molecule has 0 amide bonds. The Bertz CT molecular complexity index is 61.7. The van der Waals surface area contributed by atoms with Gasteiger partial charge in [-0.05, 0) is 19.3 Å². The summed E-state index contributed by atoms with van der Waals surface area (Å²) < 4.78 is 11.8. The molecule has 0 nitrogen and oxygen atoms in total. The third kappa shape index (κ3) is 6.06. The Morgan fingerprint density at radius 1 is 1.30 bits per heavy atom. The molecule has 10 heavy (non-hydrogen) atoms. The van der Waals surface area contributed by atoms with Gasteiger partial charge in [-0.1, -0.05) is 32.6 Å². The fourth-order valence-electron chi connectivity index (χ4n) is 0.937. The van der Waals surface area contributed by atoms with E-state index in [0.717, 1.165) is 12.8 Å². The van der Waals surface area contributed by atoms with Crippen LogP contribution in [0.2, 0.25) is 0 Å². The van der Waals surface area contributed by atoms with Gasteiger partial charge in [-0.25, -0.2) is 0 Å². The summed E-state index contributed by atoms with van der Waals surface area (Å²) in [7, 11) is 0. The molecule has 1 heteroatoms. The van der Waals surface area contributed by atoms with E-state index in [-0.39, 0.29) is 12.6 Å². The highest BCUT2D eigenvalue weighted by molar-refractivity contribution is 4.58. The lowest BCUT2D eigenvalue weighted by molar-refractivity contribution is 0.381. The fraction of sp³-hybridized carbons (Fsp3) is 0.889. The summed E-state index contributed by atoms with van der Waals surface area (Å²) in [6, 6.07) is 0. The molecule has 0 aromatic rings. The van der Waals surface area contributed by atoms with E-state index < -0.39 is 0 Å². The molecule has 0 aliphatic carbocycles. The predicted octanol–water partition coefficient (Wildman–Crippen LogP) is 3.38. The SMILES string of the molecule is [CH2]C(CF)CCCCCC. The second kappa shape index (κ2) is 7.04. The van der Waals surface area contributed by atoms with Crippen molar-refractivity contribution in [2.75, 3.05) is 6.67 Å². The van der Waals surface area contributed by atoms with Crippen molar-refractivity contribution in [1.82, 2.24) is 0 Å². The zero-order chi connectivity index (χ0) is 7.82. The van der Waals surface area contributed by atoms with Crippen molar-refractivity contribution in [1.29, 1.82) is 0 Å². The first-order valence-electron chi connectivity index (χ1n) is 4.20. The highest BCUT2D eigenvalue weighted by Crippen LogP contribution is 2.09. The molecule has 0 spiro atoms. The van der Waals surface area contributed by atoms with Crippen molar-refractivity contribution in [3.63, 3.8) is 0 Å². The van der Waals surface area contributed by atoms with Gasteiger partial charge in [-0.3, -0.25) is 4.39 Å². The minimum absolute atomic E-state index is 0.0388. The minimum Gasteiger partial charge on any atom is -0.251 e. The van der Waals surface area contributed by atoms with Gasteiger partial charge in [0.2, 0.25) is 0 Å². The van der Waals surface area contributed by atoms with Crippen LogP contribution in [0.15, 0.2) is 0 Å². The van der Waals surface area contributed by atoms with Gasteiger partial charge in [-0.2, -0.15) is 0 Å². The van der Waals surface area contributed by atoms with E-state index >= 15 is 0 Å². The molecule has 0 aliphatic rings. The van der Waals surface area contributed by atoms with Crippen molar-refractivity contribution < 1.29 is 4.39 Å². The Kier molecular flexibility index (Phi) is 6.99. The summed E-state index contributed by atoms with van der Waals surface area (Å²) in [6.07, 6.45) is 5.86. The van der Waals surface area contributed by atoms with Crippen LogP contribution in [0.25, 0.3) is 0 Å². The van der Waals surface area contributed by atoms with Gasteiger partial charge < -0.3 is 0 Å². The van der Waals surface area contributed by atoms with Crippen molar-refractivity contribution in [2.45, 2.75) is 39.0 Å². The van der Waals surface area contributed by atoms with Crippen LogP contribution in [0.4, 0.5) is 4.39 Å². The second-order valence-electron chi connectivity index (χ2n) is 2.87. The van der Waals surface area contributed by atoms with E-state index in [4.69, 9.17) is 0 Å². The minimum atomic E-state index is -0.258. The molecular formula is C9H18F. The molecule has 0 rings (SSSR count). The van der Waals surface area contributed by atoms with Crippen LogP contribution in [0.1, 0.15) is 39.0 Å². The average Bonchev–Trinajstić information content (AvgIpc) is 1.98. The fourth-order valence-corrected chi connectivity index (χ4v) is 0.937. The van der Waals surface area contributed by atoms with E-state index in [1.54, 1.807) is 0 Å². The van der Waals surface area contributed by atoms with Crippen molar-refractivity contribution >= 4 is 0 Å². The van der Waals surface area contributed by atoms with Gasteiger partial charge in [0.1, 0.15) is 0 Å². The summed E-state index contributed by atoms with van der Waals surface area (Å²) in [4.78, 5) is 0. The molecule has 1 unspecified atom stereocenters. The normalized spacial score (nSPS) is 13.5. The predicted molar refractivity (Wildman–Crippen MR) is 43.6 cm³/mol. The number of rotatable bonds is 6. The summed E-state index contributed by atoms with van der Waals surface area (Å²) in [5.74, 6) is 0.0388. The highest BCUT2D eigenvalue weighted by Gasteiger charge is 1.99. The Morgan fingerprint density at radius 2 is 2.00 bits per heavy atom. The number of alkyl halides is 1. The monoisotopic (exact) mass is 145 g/mol. The smallest absolute Gasteiger partial charge is 0.0922 e. The lowest BCUT2D eigenvalue weighted by Crippen LogP contribution is -1.96. The van der Waals surface area contributed by atoms with Crippen molar-refractivity contribution in [3.05, 3.63) is 6.92 Å². The van der Waals surface area contributed by atoms with Gasteiger partial charge in [0, 0.05) is 0 Å². The second-order valence-corrected chi connectivity index (χ2v) is 2.87. The van der Waals surface area contributed by atoms with Crippen LogP contribution < -0.4 is 0 Å². The Balaban J connectivity index is 2.89. The Hall–Kier alpha value is -0.0700. The maximum absolute atomic E-state index is 11.8. The zero-order valence-electron chi connectivity index (χ0n) is 6.91. The Morgan fingerprint density at radius 3 is 2.50 bits per heavy atom. The third-order valence-electron chi connectivity index (χ3n) is 1.68. The maximum Gasteiger partial charge on any atom is 0.0922 e. The van der Waals surface area contributed by atoms with Crippen LogP contribution in [0, 0.1) is 12.8 Å². The summed E-state index contributed by atoms with van der Waals surface area (Å²) in [5, 5.41) is 0. The first-order valence-corrected chi connectivity index (χ1v) is 4.20. The van der Waals surface area contributed by atoms with E-state index in [2.05, 4.69) is 13.8 Å². The van der Waals surface area contributed by atoms with Crippen LogP contribution >= 0.6 is 0 Å². The van der Waals surface area contributed by atoms with Crippen LogP contribution in [0.5, 0.6) is 0 Å².